The first-order valence-corrected chi connectivity index (χ1v) is 4.25. The van der Waals surface area contributed by atoms with Crippen molar-refractivity contribution in [1.29, 1.82) is 0 Å². The van der Waals surface area contributed by atoms with Gasteiger partial charge in [-0.25, -0.2) is 0 Å². The second kappa shape index (κ2) is 5.67. The zero-order chi connectivity index (χ0) is 9.84. The SMILES string of the molecule is Cc1cc(=NCCN)cc(C)n1O.Cl. The van der Waals surface area contributed by atoms with Crippen molar-refractivity contribution >= 4 is 12.4 Å². The number of nitrogens with zero attached hydrogens (tertiary/aromatic N) is 2. The van der Waals surface area contributed by atoms with E-state index in [-0.39, 0.29) is 12.4 Å². The normalized spacial score (nSPS) is 9.36. The van der Waals surface area contributed by atoms with Crippen LogP contribution in [0.25, 0.3) is 0 Å². The molecule has 80 valence electrons. The van der Waals surface area contributed by atoms with E-state index in [1.165, 1.54) is 0 Å². The number of aryl methyl sites for hydroxylation is 2. The number of rotatable bonds is 2. The van der Waals surface area contributed by atoms with Crippen molar-refractivity contribution < 1.29 is 5.21 Å². The number of nitrogens with two attached hydrogens (primary N) is 1. The molecule has 0 bridgehead atoms. The Labute approximate surface area is 89.5 Å². The zero-order valence-corrected chi connectivity index (χ0v) is 9.21. The van der Waals surface area contributed by atoms with Crippen LogP contribution in [0.3, 0.4) is 0 Å². The van der Waals surface area contributed by atoms with E-state index < -0.39 is 0 Å². The molecule has 0 aromatic carbocycles. The Balaban J connectivity index is 0.00000169. The molecule has 1 heterocycles. The summed E-state index contributed by atoms with van der Waals surface area (Å²) in [6.45, 7) is 4.82. The number of aromatic nitrogens is 1. The number of halogens is 1. The molecule has 0 aliphatic rings. The van der Waals surface area contributed by atoms with E-state index in [2.05, 4.69) is 4.99 Å². The molecule has 14 heavy (non-hydrogen) atoms. The third-order valence-electron chi connectivity index (χ3n) is 1.81. The van der Waals surface area contributed by atoms with Crippen molar-refractivity contribution in [1.82, 2.24) is 4.73 Å². The fraction of sp³-hybridized carbons (Fsp3) is 0.444. The highest BCUT2D eigenvalue weighted by Gasteiger charge is 1.96. The monoisotopic (exact) mass is 217 g/mol. The van der Waals surface area contributed by atoms with Gasteiger partial charge in [-0.05, 0) is 26.0 Å². The summed E-state index contributed by atoms with van der Waals surface area (Å²) in [5.74, 6) is 0. The van der Waals surface area contributed by atoms with Gasteiger partial charge in [-0.2, -0.15) is 4.73 Å². The molecule has 0 saturated heterocycles. The van der Waals surface area contributed by atoms with Crippen molar-refractivity contribution in [3.63, 3.8) is 0 Å². The molecule has 0 amide bonds. The van der Waals surface area contributed by atoms with E-state index in [0.717, 1.165) is 21.5 Å². The smallest absolute Gasteiger partial charge is 0.0611 e. The van der Waals surface area contributed by atoms with E-state index in [1.807, 2.05) is 26.0 Å². The van der Waals surface area contributed by atoms with Crippen molar-refractivity contribution in [3.05, 3.63) is 28.9 Å². The summed E-state index contributed by atoms with van der Waals surface area (Å²) in [6.07, 6.45) is 0. The summed E-state index contributed by atoms with van der Waals surface area (Å²) in [6, 6.07) is 3.64. The van der Waals surface area contributed by atoms with E-state index in [0.29, 0.717) is 13.1 Å². The number of hydrogen-bond acceptors (Lipinski definition) is 3. The van der Waals surface area contributed by atoms with Crippen LogP contribution in [0.5, 0.6) is 0 Å². The molecule has 4 nitrogen and oxygen atoms in total. The fourth-order valence-electron chi connectivity index (χ4n) is 1.16. The van der Waals surface area contributed by atoms with Gasteiger partial charge in [-0.15, -0.1) is 12.4 Å². The maximum absolute atomic E-state index is 9.41. The van der Waals surface area contributed by atoms with Gasteiger partial charge in [0, 0.05) is 6.54 Å². The van der Waals surface area contributed by atoms with Gasteiger partial charge in [0.25, 0.3) is 0 Å². The van der Waals surface area contributed by atoms with Crippen LogP contribution in [0.1, 0.15) is 11.4 Å². The molecule has 3 N–H and O–H groups in total. The maximum atomic E-state index is 9.41. The molecule has 0 aliphatic heterocycles. The Morgan fingerprint density at radius 1 is 1.36 bits per heavy atom. The highest BCUT2D eigenvalue weighted by Crippen LogP contribution is 1.96. The molecule has 0 unspecified atom stereocenters. The Hall–Kier alpha value is -1.00. The fourth-order valence-corrected chi connectivity index (χ4v) is 1.16. The highest BCUT2D eigenvalue weighted by atomic mass is 35.5. The van der Waals surface area contributed by atoms with Gasteiger partial charge in [-0.3, -0.25) is 4.99 Å². The Bertz CT molecular complexity index is 333. The van der Waals surface area contributed by atoms with Crippen LogP contribution in [-0.2, 0) is 0 Å². The molecule has 5 heteroatoms. The molecular formula is C9H16ClN3O. The lowest BCUT2D eigenvalue weighted by Crippen LogP contribution is -2.14. The van der Waals surface area contributed by atoms with E-state index >= 15 is 0 Å². The Kier molecular flexibility index (Phi) is 5.27. The molecule has 0 spiro atoms. The predicted molar refractivity (Wildman–Crippen MR) is 57.8 cm³/mol. The molecule has 0 radical (unpaired) electrons. The van der Waals surface area contributed by atoms with Gasteiger partial charge in [-0.1, -0.05) is 0 Å². The quantitative estimate of drug-likeness (QED) is 0.714. The Morgan fingerprint density at radius 2 is 1.86 bits per heavy atom. The summed E-state index contributed by atoms with van der Waals surface area (Å²) in [7, 11) is 0. The van der Waals surface area contributed by atoms with Gasteiger partial charge in [0.15, 0.2) is 0 Å². The molecule has 0 saturated carbocycles. The number of hydrogen-bond donors (Lipinski definition) is 2. The van der Waals surface area contributed by atoms with Crippen LogP contribution in [-0.4, -0.2) is 23.0 Å². The molecule has 1 aromatic heterocycles. The van der Waals surface area contributed by atoms with Crippen LogP contribution >= 0.6 is 12.4 Å². The lowest BCUT2D eigenvalue weighted by molar-refractivity contribution is 0.170. The first-order valence-electron chi connectivity index (χ1n) is 4.25. The minimum absolute atomic E-state index is 0. The lowest BCUT2D eigenvalue weighted by atomic mass is 10.3. The van der Waals surface area contributed by atoms with Gasteiger partial charge in [0.05, 0.1) is 23.3 Å². The summed E-state index contributed by atoms with van der Waals surface area (Å²) in [5, 5.41) is 10.3. The van der Waals surface area contributed by atoms with Crippen LogP contribution in [0.15, 0.2) is 17.1 Å². The summed E-state index contributed by atoms with van der Waals surface area (Å²) < 4.78 is 1.14. The molecular weight excluding hydrogens is 202 g/mol. The third-order valence-corrected chi connectivity index (χ3v) is 1.81. The average molecular weight is 218 g/mol. The second-order valence-corrected chi connectivity index (χ2v) is 2.98. The predicted octanol–water partition coefficient (Wildman–Crippen LogP) is 0.623. The Morgan fingerprint density at radius 3 is 2.29 bits per heavy atom. The van der Waals surface area contributed by atoms with Crippen LogP contribution < -0.4 is 11.1 Å². The first kappa shape index (κ1) is 13.0. The average Bonchev–Trinajstić information content (AvgIpc) is 2.10. The van der Waals surface area contributed by atoms with Crippen molar-refractivity contribution in [3.8, 4) is 0 Å². The molecule has 0 fully saturated rings. The zero-order valence-electron chi connectivity index (χ0n) is 8.40. The van der Waals surface area contributed by atoms with Gasteiger partial charge >= 0.3 is 0 Å². The summed E-state index contributed by atoms with van der Waals surface area (Å²) in [4.78, 5) is 4.24. The maximum Gasteiger partial charge on any atom is 0.0611 e. The van der Waals surface area contributed by atoms with E-state index in [9.17, 15) is 5.21 Å². The number of pyridine rings is 1. The van der Waals surface area contributed by atoms with Gasteiger partial charge in [0.1, 0.15) is 0 Å². The van der Waals surface area contributed by atoms with Crippen LogP contribution in [0, 0.1) is 13.8 Å². The lowest BCUT2D eigenvalue weighted by Gasteiger charge is -2.05. The topological polar surface area (TPSA) is 63.5 Å². The summed E-state index contributed by atoms with van der Waals surface area (Å²) >= 11 is 0. The van der Waals surface area contributed by atoms with Gasteiger partial charge < -0.3 is 10.9 Å². The van der Waals surface area contributed by atoms with Crippen molar-refractivity contribution in [2.75, 3.05) is 13.1 Å². The molecule has 1 rings (SSSR count). The minimum atomic E-state index is 0. The van der Waals surface area contributed by atoms with Gasteiger partial charge in [0.2, 0.25) is 0 Å². The largest absolute Gasteiger partial charge is 0.428 e. The minimum Gasteiger partial charge on any atom is -0.428 e. The van der Waals surface area contributed by atoms with Crippen LogP contribution in [0.2, 0.25) is 0 Å². The standard InChI is InChI=1S/C9H15N3O.ClH/c1-7-5-9(11-4-3-10)6-8(2)12(7)13;/h5-6,13H,3-4,10H2,1-2H3;1H. The molecule has 0 aliphatic carbocycles. The second-order valence-electron chi connectivity index (χ2n) is 2.98. The summed E-state index contributed by atoms with van der Waals surface area (Å²) in [5.41, 5.74) is 6.88. The first-order chi connectivity index (χ1) is 6.15. The van der Waals surface area contributed by atoms with E-state index in [1.54, 1.807) is 0 Å². The van der Waals surface area contributed by atoms with Crippen LogP contribution in [0.4, 0.5) is 0 Å². The third kappa shape index (κ3) is 3.05. The molecule has 1 aromatic rings. The van der Waals surface area contributed by atoms with Crippen molar-refractivity contribution in [2.24, 2.45) is 10.7 Å². The highest BCUT2D eigenvalue weighted by molar-refractivity contribution is 5.85. The van der Waals surface area contributed by atoms with Crippen molar-refractivity contribution in [2.45, 2.75) is 13.8 Å². The molecule has 0 atom stereocenters. The van der Waals surface area contributed by atoms with E-state index in [4.69, 9.17) is 5.73 Å².